The van der Waals surface area contributed by atoms with Crippen LogP contribution in [0.2, 0.25) is 0 Å². The van der Waals surface area contributed by atoms with Gasteiger partial charge in [-0.2, -0.15) is 9.29 Å². The molecular formula is C16H13FN4O3S. The highest BCUT2D eigenvalue weighted by atomic mass is 32.2. The van der Waals surface area contributed by atoms with E-state index in [4.69, 9.17) is 4.52 Å². The minimum atomic E-state index is -3.64. The average molecular weight is 360 g/mol. The molecule has 0 atom stereocenters. The van der Waals surface area contributed by atoms with Gasteiger partial charge >= 0.3 is 0 Å². The van der Waals surface area contributed by atoms with E-state index in [-0.39, 0.29) is 23.9 Å². The van der Waals surface area contributed by atoms with Crippen LogP contribution in [0.5, 0.6) is 0 Å². The molecule has 9 heteroatoms. The Bertz CT molecular complexity index is 984. The monoisotopic (exact) mass is 360 g/mol. The molecular weight excluding hydrogens is 347 g/mol. The molecule has 1 aromatic carbocycles. The molecule has 0 spiro atoms. The summed E-state index contributed by atoms with van der Waals surface area (Å²) in [5.41, 5.74) is 0.590. The molecule has 0 aliphatic carbocycles. The second-order valence-electron chi connectivity index (χ2n) is 5.64. The van der Waals surface area contributed by atoms with Crippen molar-refractivity contribution in [3.05, 3.63) is 60.4 Å². The van der Waals surface area contributed by atoms with Crippen LogP contribution in [-0.4, -0.2) is 40.9 Å². The fraction of sp³-hybridized carbons (Fsp3) is 0.188. The van der Waals surface area contributed by atoms with Crippen molar-refractivity contribution in [2.75, 3.05) is 13.1 Å². The van der Waals surface area contributed by atoms with E-state index in [1.807, 2.05) is 6.07 Å². The van der Waals surface area contributed by atoms with Crippen molar-refractivity contribution >= 4 is 10.0 Å². The molecule has 0 unspecified atom stereocenters. The fourth-order valence-corrected chi connectivity index (χ4v) is 4.08. The molecule has 128 valence electrons. The first-order valence-corrected chi connectivity index (χ1v) is 8.99. The molecule has 0 saturated carbocycles. The van der Waals surface area contributed by atoms with Gasteiger partial charge in [-0.15, -0.1) is 0 Å². The second-order valence-corrected chi connectivity index (χ2v) is 7.58. The van der Waals surface area contributed by atoms with Gasteiger partial charge in [-0.25, -0.2) is 12.8 Å². The summed E-state index contributed by atoms with van der Waals surface area (Å²) >= 11 is 0. The van der Waals surface area contributed by atoms with Crippen LogP contribution >= 0.6 is 0 Å². The maximum Gasteiger partial charge on any atom is 0.243 e. The smallest absolute Gasteiger partial charge is 0.243 e. The van der Waals surface area contributed by atoms with E-state index in [2.05, 4.69) is 15.1 Å². The Labute approximate surface area is 143 Å². The molecule has 7 nitrogen and oxygen atoms in total. The maximum absolute atomic E-state index is 13.0. The van der Waals surface area contributed by atoms with Crippen LogP contribution in [-0.2, 0) is 10.0 Å². The van der Waals surface area contributed by atoms with Crippen molar-refractivity contribution in [3.8, 4) is 11.5 Å². The molecule has 0 amide bonds. The SMILES string of the molecule is O=S(=O)(c1ccc(F)cc1)N1CC(c2nc(-c3ccccn3)no2)C1. The van der Waals surface area contributed by atoms with Crippen molar-refractivity contribution in [3.63, 3.8) is 0 Å². The van der Waals surface area contributed by atoms with Gasteiger partial charge < -0.3 is 4.52 Å². The molecule has 3 aromatic rings. The quantitative estimate of drug-likeness (QED) is 0.707. The predicted molar refractivity (Wildman–Crippen MR) is 85.4 cm³/mol. The Kier molecular flexibility index (Phi) is 3.81. The van der Waals surface area contributed by atoms with Crippen LogP contribution < -0.4 is 0 Å². The van der Waals surface area contributed by atoms with E-state index < -0.39 is 15.8 Å². The maximum atomic E-state index is 13.0. The standard InChI is InChI=1S/C16H13FN4O3S/c17-12-4-6-13(7-5-12)25(22,23)21-9-11(10-21)16-19-15(20-24-16)14-3-1-2-8-18-14/h1-8,11H,9-10H2. The number of halogens is 1. The topological polar surface area (TPSA) is 89.2 Å². The predicted octanol–water partition coefficient (Wildman–Crippen LogP) is 2.06. The third kappa shape index (κ3) is 2.92. The summed E-state index contributed by atoms with van der Waals surface area (Å²) in [5.74, 6) is 0.107. The van der Waals surface area contributed by atoms with Crippen LogP contribution in [0.1, 0.15) is 11.8 Å². The lowest BCUT2D eigenvalue weighted by molar-refractivity contribution is 0.217. The third-order valence-corrected chi connectivity index (χ3v) is 5.83. The molecule has 1 aliphatic heterocycles. The van der Waals surface area contributed by atoms with Crippen molar-refractivity contribution in [1.82, 2.24) is 19.4 Å². The van der Waals surface area contributed by atoms with E-state index in [1.54, 1.807) is 18.3 Å². The van der Waals surface area contributed by atoms with Crippen molar-refractivity contribution in [2.24, 2.45) is 0 Å². The molecule has 1 saturated heterocycles. The van der Waals surface area contributed by atoms with Gasteiger partial charge in [0.25, 0.3) is 0 Å². The lowest BCUT2D eigenvalue weighted by Gasteiger charge is -2.35. The van der Waals surface area contributed by atoms with Crippen molar-refractivity contribution in [1.29, 1.82) is 0 Å². The molecule has 0 N–H and O–H groups in total. The molecule has 1 fully saturated rings. The molecule has 0 bridgehead atoms. The normalized spacial score (nSPS) is 15.9. The Morgan fingerprint density at radius 1 is 1.12 bits per heavy atom. The van der Waals surface area contributed by atoms with Crippen LogP contribution in [0.15, 0.2) is 58.1 Å². The van der Waals surface area contributed by atoms with Crippen LogP contribution in [0, 0.1) is 5.82 Å². The zero-order valence-corrected chi connectivity index (χ0v) is 13.7. The first-order chi connectivity index (χ1) is 12.0. The minimum absolute atomic E-state index is 0.0621. The minimum Gasteiger partial charge on any atom is -0.339 e. The molecule has 2 aromatic heterocycles. The first kappa shape index (κ1) is 15.9. The molecule has 4 rings (SSSR count). The first-order valence-electron chi connectivity index (χ1n) is 7.55. The highest BCUT2D eigenvalue weighted by Gasteiger charge is 2.40. The number of aromatic nitrogens is 3. The van der Waals surface area contributed by atoms with E-state index in [1.165, 1.54) is 16.4 Å². The molecule has 1 aliphatic rings. The summed E-state index contributed by atoms with van der Waals surface area (Å²) < 4.78 is 44.4. The van der Waals surface area contributed by atoms with E-state index in [0.717, 1.165) is 12.1 Å². The highest BCUT2D eigenvalue weighted by Crippen LogP contribution is 2.31. The summed E-state index contributed by atoms with van der Waals surface area (Å²) in [5, 5.41) is 3.89. The van der Waals surface area contributed by atoms with Gasteiger partial charge in [0.1, 0.15) is 11.5 Å². The molecule has 3 heterocycles. The summed E-state index contributed by atoms with van der Waals surface area (Å²) in [6.07, 6.45) is 1.63. The van der Waals surface area contributed by atoms with Gasteiger partial charge in [-0.1, -0.05) is 11.2 Å². The molecule has 25 heavy (non-hydrogen) atoms. The number of sulfonamides is 1. The number of hydrogen-bond acceptors (Lipinski definition) is 6. The largest absolute Gasteiger partial charge is 0.339 e. The Morgan fingerprint density at radius 2 is 1.88 bits per heavy atom. The lowest BCUT2D eigenvalue weighted by Crippen LogP contribution is -2.48. The number of pyridine rings is 1. The third-order valence-electron chi connectivity index (χ3n) is 3.98. The average Bonchev–Trinajstić information content (AvgIpc) is 3.04. The van der Waals surface area contributed by atoms with Gasteiger partial charge in [0.05, 0.1) is 10.8 Å². The van der Waals surface area contributed by atoms with Gasteiger partial charge in [0, 0.05) is 19.3 Å². The van der Waals surface area contributed by atoms with E-state index in [0.29, 0.717) is 17.4 Å². The number of benzene rings is 1. The Morgan fingerprint density at radius 3 is 2.56 bits per heavy atom. The summed E-state index contributed by atoms with van der Waals surface area (Å²) in [6, 6.07) is 10.1. The van der Waals surface area contributed by atoms with Gasteiger partial charge in [0.15, 0.2) is 0 Å². The zero-order chi connectivity index (χ0) is 17.4. The summed E-state index contributed by atoms with van der Waals surface area (Å²) in [7, 11) is -3.64. The van der Waals surface area contributed by atoms with Gasteiger partial charge in [0.2, 0.25) is 21.7 Å². The van der Waals surface area contributed by atoms with Gasteiger partial charge in [-0.3, -0.25) is 4.98 Å². The lowest BCUT2D eigenvalue weighted by atomic mass is 10.0. The van der Waals surface area contributed by atoms with Crippen LogP contribution in [0.25, 0.3) is 11.5 Å². The molecule has 0 radical (unpaired) electrons. The number of nitrogens with zero attached hydrogens (tertiary/aromatic N) is 4. The Balaban J connectivity index is 1.47. The second kappa shape index (κ2) is 6.01. The summed E-state index contributed by atoms with van der Waals surface area (Å²) in [6.45, 7) is 0.479. The number of rotatable bonds is 4. The van der Waals surface area contributed by atoms with Crippen LogP contribution in [0.4, 0.5) is 4.39 Å². The van der Waals surface area contributed by atoms with Crippen LogP contribution in [0.3, 0.4) is 0 Å². The van der Waals surface area contributed by atoms with Crippen molar-refractivity contribution in [2.45, 2.75) is 10.8 Å². The highest BCUT2D eigenvalue weighted by molar-refractivity contribution is 7.89. The zero-order valence-electron chi connectivity index (χ0n) is 12.9. The number of hydrogen-bond donors (Lipinski definition) is 0. The fourth-order valence-electron chi connectivity index (χ4n) is 2.55. The van der Waals surface area contributed by atoms with E-state index >= 15 is 0 Å². The Hall–Kier alpha value is -2.65. The van der Waals surface area contributed by atoms with Crippen molar-refractivity contribution < 1.29 is 17.3 Å². The van der Waals surface area contributed by atoms with Gasteiger partial charge in [-0.05, 0) is 36.4 Å². The van der Waals surface area contributed by atoms with E-state index in [9.17, 15) is 12.8 Å². The summed E-state index contributed by atoms with van der Waals surface area (Å²) in [4.78, 5) is 8.50.